The number of likely N-dealkylation sites (tertiary alicyclic amines) is 2. The third kappa shape index (κ3) is 4.48. The van der Waals surface area contributed by atoms with E-state index in [1.54, 1.807) is 4.90 Å². The minimum atomic E-state index is -0.922. The van der Waals surface area contributed by atoms with Crippen LogP contribution in [0.15, 0.2) is 91.0 Å². The Balaban J connectivity index is 1.38. The van der Waals surface area contributed by atoms with E-state index in [2.05, 4.69) is 29.2 Å². The lowest BCUT2D eigenvalue weighted by Crippen LogP contribution is -2.44. The van der Waals surface area contributed by atoms with Crippen molar-refractivity contribution in [1.29, 1.82) is 0 Å². The van der Waals surface area contributed by atoms with Crippen molar-refractivity contribution in [3.05, 3.63) is 108 Å². The van der Waals surface area contributed by atoms with E-state index in [1.165, 1.54) is 5.56 Å². The summed E-state index contributed by atoms with van der Waals surface area (Å²) < 4.78 is 0. The first-order chi connectivity index (χ1) is 16.6. The predicted molar refractivity (Wildman–Crippen MR) is 132 cm³/mol. The molecule has 2 aliphatic rings. The quantitative estimate of drug-likeness (QED) is 0.601. The molecule has 1 amide bonds. The van der Waals surface area contributed by atoms with Gasteiger partial charge in [-0.15, -0.1) is 0 Å². The van der Waals surface area contributed by atoms with E-state index in [-0.39, 0.29) is 11.9 Å². The van der Waals surface area contributed by atoms with Gasteiger partial charge in [0.05, 0.1) is 5.92 Å². The number of carboxylic acids is 1. The molecule has 0 unspecified atom stereocenters. The fraction of sp³-hybridized carbons (Fsp3) is 0.310. The number of nitrogens with zero attached hydrogens (tertiary/aromatic N) is 2. The Morgan fingerprint density at radius 2 is 1.35 bits per heavy atom. The maximum Gasteiger partial charge on any atom is 0.326 e. The van der Waals surface area contributed by atoms with Crippen molar-refractivity contribution < 1.29 is 14.7 Å². The third-order valence-electron chi connectivity index (χ3n) is 7.37. The van der Waals surface area contributed by atoms with Gasteiger partial charge < -0.3 is 10.0 Å². The van der Waals surface area contributed by atoms with Crippen molar-refractivity contribution >= 4 is 11.9 Å². The van der Waals surface area contributed by atoms with E-state index in [9.17, 15) is 14.7 Å². The number of aliphatic carboxylic acids is 1. The molecule has 3 aromatic rings. The van der Waals surface area contributed by atoms with E-state index >= 15 is 0 Å². The van der Waals surface area contributed by atoms with Crippen molar-refractivity contribution in [2.45, 2.75) is 36.8 Å². The highest BCUT2D eigenvalue weighted by Gasteiger charge is 2.45. The van der Waals surface area contributed by atoms with Gasteiger partial charge in [0.2, 0.25) is 5.91 Å². The van der Waals surface area contributed by atoms with Gasteiger partial charge in [-0.2, -0.15) is 0 Å². The second-order valence-electron chi connectivity index (χ2n) is 9.38. The Kier molecular flexibility index (Phi) is 6.45. The van der Waals surface area contributed by atoms with Gasteiger partial charge >= 0.3 is 5.97 Å². The lowest BCUT2D eigenvalue weighted by Gasteiger charge is -2.28. The van der Waals surface area contributed by atoms with Crippen LogP contribution in [0.1, 0.15) is 41.4 Å². The number of hydrogen-bond donors (Lipinski definition) is 1. The van der Waals surface area contributed by atoms with Gasteiger partial charge in [-0.05, 0) is 42.0 Å². The summed E-state index contributed by atoms with van der Waals surface area (Å²) in [5.74, 6) is -1.12. The van der Waals surface area contributed by atoms with Gasteiger partial charge in [0.1, 0.15) is 6.04 Å². The van der Waals surface area contributed by atoms with Crippen LogP contribution in [0.2, 0.25) is 0 Å². The molecule has 5 rings (SSSR count). The van der Waals surface area contributed by atoms with Crippen LogP contribution in [0.3, 0.4) is 0 Å². The highest BCUT2D eigenvalue weighted by atomic mass is 16.4. The lowest BCUT2D eigenvalue weighted by atomic mass is 9.90. The van der Waals surface area contributed by atoms with Crippen LogP contribution >= 0.6 is 0 Å². The molecule has 174 valence electrons. The Labute approximate surface area is 200 Å². The van der Waals surface area contributed by atoms with Crippen LogP contribution in [0.25, 0.3) is 0 Å². The van der Waals surface area contributed by atoms with Crippen molar-refractivity contribution in [2.75, 3.05) is 19.6 Å². The molecule has 2 heterocycles. The van der Waals surface area contributed by atoms with Crippen molar-refractivity contribution in [3.8, 4) is 0 Å². The summed E-state index contributed by atoms with van der Waals surface area (Å²) in [5, 5.41) is 10.0. The first-order valence-corrected chi connectivity index (χ1v) is 12.0. The second kappa shape index (κ2) is 9.82. The van der Waals surface area contributed by atoms with Crippen LogP contribution in [-0.4, -0.2) is 58.5 Å². The Morgan fingerprint density at radius 1 is 0.794 bits per heavy atom. The Hall–Kier alpha value is -3.44. The molecule has 1 N–H and O–H groups in total. The molecule has 5 heteroatoms. The SMILES string of the molecule is O=C(O)[C@@H]1C[C@H](N2CC[C@H](c3ccccc3)C2)CN1C(=O)C(c1ccccc1)c1ccccc1. The number of hydrogen-bond acceptors (Lipinski definition) is 3. The molecule has 0 saturated carbocycles. The largest absolute Gasteiger partial charge is 0.480 e. The van der Waals surface area contributed by atoms with E-state index < -0.39 is 17.9 Å². The summed E-state index contributed by atoms with van der Waals surface area (Å²) in [6, 6.07) is 29.1. The molecule has 3 atom stereocenters. The van der Waals surface area contributed by atoms with Crippen molar-refractivity contribution in [1.82, 2.24) is 9.80 Å². The topological polar surface area (TPSA) is 60.9 Å². The van der Waals surface area contributed by atoms with Gasteiger partial charge in [-0.1, -0.05) is 91.0 Å². The molecule has 0 radical (unpaired) electrons. The van der Waals surface area contributed by atoms with Gasteiger partial charge in [0.15, 0.2) is 0 Å². The second-order valence-corrected chi connectivity index (χ2v) is 9.38. The smallest absolute Gasteiger partial charge is 0.326 e. The van der Waals surface area contributed by atoms with E-state index in [4.69, 9.17) is 0 Å². The number of benzene rings is 3. The minimum absolute atomic E-state index is 0.0611. The molecule has 2 aliphatic heterocycles. The van der Waals surface area contributed by atoms with Crippen LogP contribution in [0.4, 0.5) is 0 Å². The first-order valence-electron chi connectivity index (χ1n) is 12.0. The summed E-state index contributed by atoms with van der Waals surface area (Å²) in [7, 11) is 0. The standard InChI is InChI=1S/C29H30N2O3/c32-28(27(22-12-6-2-7-13-22)23-14-8-3-9-15-23)31-20-25(18-26(31)29(33)34)30-17-16-24(19-30)21-10-4-1-5-11-21/h1-15,24-27H,16-20H2,(H,33,34)/t24-,25-,26-/m0/s1. The minimum Gasteiger partial charge on any atom is -0.480 e. The lowest BCUT2D eigenvalue weighted by molar-refractivity contribution is -0.148. The molecule has 0 bridgehead atoms. The van der Waals surface area contributed by atoms with Crippen LogP contribution in [0, 0.1) is 0 Å². The molecule has 2 saturated heterocycles. The van der Waals surface area contributed by atoms with E-state index in [0.717, 1.165) is 30.6 Å². The van der Waals surface area contributed by atoms with Gasteiger partial charge in [0, 0.05) is 19.1 Å². The fourth-order valence-corrected chi connectivity index (χ4v) is 5.61. The van der Waals surface area contributed by atoms with Crippen molar-refractivity contribution in [2.24, 2.45) is 0 Å². The van der Waals surface area contributed by atoms with Gasteiger partial charge in [0.25, 0.3) is 0 Å². The molecular weight excluding hydrogens is 424 g/mol. The fourth-order valence-electron chi connectivity index (χ4n) is 5.61. The van der Waals surface area contributed by atoms with Crippen LogP contribution in [0.5, 0.6) is 0 Å². The molecule has 3 aromatic carbocycles. The Morgan fingerprint density at radius 3 is 1.91 bits per heavy atom. The number of rotatable bonds is 6. The summed E-state index contributed by atoms with van der Waals surface area (Å²) in [5.41, 5.74) is 3.10. The zero-order chi connectivity index (χ0) is 23.5. The Bertz CT molecular complexity index is 1080. The number of carbonyl (C=O) groups is 2. The molecule has 34 heavy (non-hydrogen) atoms. The van der Waals surface area contributed by atoms with Crippen LogP contribution in [-0.2, 0) is 9.59 Å². The zero-order valence-electron chi connectivity index (χ0n) is 19.2. The molecule has 0 spiro atoms. The summed E-state index contributed by atoms with van der Waals surface area (Å²) >= 11 is 0. The summed E-state index contributed by atoms with van der Waals surface area (Å²) in [6.45, 7) is 2.29. The first kappa shape index (κ1) is 22.4. The highest BCUT2D eigenvalue weighted by Crippen LogP contribution is 2.35. The number of carbonyl (C=O) groups excluding carboxylic acids is 1. The third-order valence-corrected chi connectivity index (χ3v) is 7.37. The normalized spacial score (nSPS) is 22.9. The monoisotopic (exact) mass is 454 g/mol. The molecular formula is C29H30N2O3. The van der Waals surface area contributed by atoms with Gasteiger partial charge in [-0.25, -0.2) is 4.79 Å². The predicted octanol–water partition coefficient (Wildman–Crippen LogP) is 4.36. The maximum absolute atomic E-state index is 14.0. The average molecular weight is 455 g/mol. The summed E-state index contributed by atoms with van der Waals surface area (Å²) in [4.78, 5) is 30.2. The van der Waals surface area contributed by atoms with E-state index in [0.29, 0.717) is 18.9 Å². The molecule has 5 nitrogen and oxygen atoms in total. The molecule has 0 aliphatic carbocycles. The van der Waals surface area contributed by atoms with Crippen molar-refractivity contribution in [3.63, 3.8) is 0 Å². The van der Waals surface area contributed by atoms with Gasteiger partial charge in [-0.3, -0.25) is 9.69 Å². The summed E-state index contributed by atoms with van der Waals surface area (Å²) in [6.07, 6.45) is 1.53. The molecule has 2 fully saturated rings. The zero-order valence-corrected chi connectivity index (χ0v) is 19.2. The molecule has 0 aromatic heterocycles. The highest BCUT2D eigenvalue weighted by molar-refractivity contribution is 5.91. The number of amides is 1. The average Bonchev–Trinajstić information content (AvgIpc) is 3.54. The maximum atomic E-state index is 14.0. The van der Waals surface area contributed by atoms with E-state index in [1.807, 2.05) is 66.7 Å². The number of carboxylic acid groups (broad SMARTS) is 1. The van der Waals surface area contributed by atoms with Crippen LogP contribution < -0.4 is 0 Å².